The largest absolute Gasteiger partial charge is 0.376 e. The SMILES string of the molecule is CC(C)OCC1CN(C(=O)CCc2cncn2C)CCO1. The fourth-order valence-corrected chi connectivity index (χ4v) is 2.37. The van der Waals surface area contributed by atoms with Gasteiger partial charge in [0.2, 0.25) is 5.91 Å². The first kappa shape index (κ1) is 16.0. The lowest BCUT2D eigenvalue weighted by molar-refractivity contribution is -0.142. The van der Waals surface area contributed by atoms with Crippen LogP contribution in [0.1, 0.15) is 26.0 Å². The molecule has 1 amide bonds. The number of amides is 1. The molecule has 1 saturated heterocycles. The summed E-state index contributed by atoms with van der Waals surface area (Å²) in [5.41, 5.74) is 1.08. The second-order valence-electron chi connectivity index (χ2n) is 5.71. The molecule has 0 N–H and O–H groups in total. The molecule has 2 rings (SSSR count). The number of aromatic nitrogens is 2. The molecule has 6 nitrogen and oxygen atoms in total. The minimum Gasteiger partial charge on any atom is -0.376 e. The van der Waals surface area contributed by atoms with E-state index in [1.54, 1.807) is 6.33 Å². The third kappa shape index (κ3) is 4.82. The third-order valence-electron chi connectivity index (χ3n) is 3.62. The van der Waals surface area contributed by atoms with Crippen LogP contribution in [0.5, 0.6) is 0 Å². The molecule has 21 heavy (non-hydrogen) atoms. The van der Waals surface area contributed by atoms with Crippen LogP contribution in [0.15, 0.2) is 12.5 Å². The lowest BCUT2D eigenvalue weighted by atomic mass is 10.2. The van der Waals surface area contributed by atoms with Crippen molar-refractivity contribution in [2.45, 2.75) is 38.9 Å². The zero-order chi connectivity index (χ0) is 15.2. The van der Waals surface area contributed by atoms with Gasteiger partial charge in [-0.05, 0) is 20.3 Å². The van der Waals surface area contributed by atoms with E-state index in [-0.39, 0.29) is 18.1 Å². The van der Waals surface area contributed by atoms with Gasteiger partial charge in [0.15, 0.2) is 0 Å². The van der Waals surface area contributed by atoms with Crippen LogP contribution in [0.4, 0.5) is 0 Å². The highest BCUT2D eigenvalue weighted by Crippen LogP contribution is 2.10. The number of ether oxygens (including phenoxy) is 2. The lowest BCUT2D eigenvalue weighted by Crippen LogP contribution is -2.47. The maximum Gasteiger partial charge on any atom is 0.223 e. The molecule has 118 valence electrons. The molecule has 2 heterocycles. The van der Waals surface area contributed by atoms with E-state index in [0.29, 0.717) is 32.7 Å². The van der Waals surface area contributed by atoms with Crippen LogP contribution in [-0.2, 0) is 27.7 Å². The number of hydrogen-bond acceptors (Lipinski definition) is 4. The minimum absolute atomic E-state index is 0.0122. The van der Waals surface area contributed by atoms with E-state index in [1.807, 2.05) is 36.6 Å². The Morgan fingerprint density at radius 2 is 2.38 bits per heavy atom. The summed E-state index contributed by atoms with van der Waals surface area (Å²) < 4.78 is 13.2. The summed E-state index contributed by atoms with van der Waals surface area (Å²) in [7, 11) is 1.95. The average molecular weight is 295 g/mol. The number of carbonyl (C=O) groups is 1. The molecule has 1 atom stereocenters. The third-order valence-corrected chi connectivity index (χ3v) is 3.62. The van der Waals surface area contributed by atoms with Crippen LogP contribution in [-0.4, -0.2) is 58.9 Å². The van der Waals surface area contributed by atoms with Gasteiger partial charge in [-0.2, -0.15) is 0 Å². The monoisotopic (exact) mass is 295 g/mol. The van der Waals surface area contributed by atoms with E-state index in [1.165, 1.54) is 0 Å². The van der Waals surface area contributed by atoms with Crippen molar-refractivity contribution in [3.8, 4) is 0 Å². The molecule has 0 aromatic carbocycles. The Labute approximate surface area is 126 Å². The van der Waals surface area contributed by atoms with Crippen LogP contribution in [0.25, 0.3) is 0 Å². The normalized spacial score (nSPS) is 19.2. The van der Waals surface area contributed by atoms with Crippen molar-refractivity contribution in [3.05, 3.63) is 18.2 Å². The topological polar surface area (TPSA) is 56.6 Å². The van der Waals surface area contributed by atoms with Gasteiger partial charge in [-0.1, -0.05) is 0 Å². The van der Waals surface area contributed by atoms with Gasteiger partial charge in [-0.25, -0.2) is 4.98 Å². The zero-order valence-corrected chi connectivity index (χ0v) is 13.1. The number of rotatable bonds is 6. The van der Waals surface area contributed by atoms with Gasteiger partial charge < -0.3 is 18.9 Å². The number of nitrogens with zero attached hydrogens (tertiary/aromatic N) is 3. The van der Waals surface area contributed by atoms with Crippen molar-refractivity contribution in [2.24, 2.45) is 7.05 Å². The van der Waals surface area contributed by atoms with Gasteiger partial charge in [0.05, 0.1) is 31.7 Å². The molecule has 1 aromatic heterocycles. The van der Waals surface area contributed by atoms with Crippen LogP contribution in [0.2, 0.25) is 0 Å². The van der Waals surface area contributed by atoms with E-state index >= 15 is 0 Å². The van der Waals surface area contributed by atoms with Crippen LogP contribution in [0, 0.1) is 0 Å². The van der Waals surface area contributed by atoms with Crippen molar-refractivity contribution in [1.29, 1.82) is 0 Å². The van der Waals surface area contributed by atoms with Gasteiger partial charge in [-0.15, -0.1) is 0 Å². The van der Waals surface area contributed by atoms with Crippen molar-refractivity contribution in [1.82, 2.24) is 14.5 Å². The zero-order valence-electron chi connectivity index (χ0n) is 13.1. The summed E-state index contributed by atoms with van der Waals surface area (Å²) in [4.78, 5) is 18.2. The Morgan fingerprint density at radius 1 is 1.57 bits per heavy atom. The molecule has 1 fully saturated rings. The predicted molar refractivity (Wildman–Crippen MR) is 78.9 cm³/mol. The Morgan fingerprint density at radius 3 is 3.05 bits per heavy atom. The fourth-order valence-electron chi connectivity index (χ4n) is 2.37. The van der Waals surface area contributed by atoms with Gasteiger partial charge in [-0.3, -0.25) is 4.79 Å². The first-order valence-corrected chi connectivity index (χ1v) is 7.52. The summed E-state index contributed by atoms with van der Waals surface area (Å²) in [5, 5.41) is 0. The van der Waals surface area contributed by atoms with Crippen molar-refractivity contribution in [3.63, 3.8) is 0 Å². The second kappa shape index (κ2) is 7.56. The summed E-state index contributed by atoms with van der Waals surface area (Å²) in [5.74, 6) is 0.175. The quantitative estimate of drug-likeness (QED) is 0.786. The Bertz CT molecular complexity index is 459. The van der Waals surface area contributed by atoms with Gasteiger partial charge >= 0.3 is 0 Å². The van der Waals surface area contributed by atoms with Crippen molar-refractivity contribution in [2.75, 3.05) is 26.3 Å². The molecule has 1 aliphatic rings. The van der Waals surface area contributed by atoms with Crippen molar-refractivity contribution < 1.29 is 14.3 Å². The van der Waals surface area contributed by atoms with E-state index in [4.69, 9.17) is 9.47 Å². The highest BCUT2D eigenvalue weighted by molar-refractivity contribution is 5.76. The molecule has 0 spiro atoms. The first-order chi connectivity index (χ1) is 10.1. The summed E-state index contributed by atoms with van der Waals surface area (Å²) in [6.45, 7) is 6.42. The van der Waals surface area contributed by atoms with E-state index in [0.717, 1.165) is 12.1 Å². The Balaban J connectivity index is 1.77. The lowest BCUT2D eigenvalue weighted by Gasteiger charge is -2.33. The minimum atomic E-state index is -0.0122. The van der Waals surface area contributed by atoms with Crippen LogP contribution in [0.3, 0.4) is 0 Å². The summed E-state index contributed by atoms with van der Waals surface area (Å²) >= 11 is 0. The number of carbonyl (C=O) groups excluding carboxylic acids is 1. The smallest absolute Gasteiger partial charge is 0.223 e. The van der Waals surface area contributed by atoms with Crippen LogP contribution >= 0.6 is 0 Å². The van der Waals surface area contributed by atoms with E-state index in [9.17, 15) is 4.79 Å². The summed E-state index contributed by atoms with van der Waals surface area (Å²) in [6, 6.07) is 0. The molecule has 1 aromatic rings. The molecule has 0 radical (unpaired) electrons. The van der Waals surface area contributed by atoms with Gasteiger partial charge in [0.1, 0.15) is 0 Å². The molecule has 1 unspecified atom stereocenters. The second-order valence-corrected chi connectivity index (χ2v) is 5.71. The first-order valence-electron chi connectivity index (χ1n) is 7.52. The predicted octanol–water partition coefficient (Wildman–Crippen LogP) is 1.01. The molecule has 6 heteroatoms. The number of morpholine rings is 1. The van der Waals surface area contributed by atoms with Crippen LogP contribution < -0.4 is 0 Å². The maximum atomic E-state index is 12.3. The molecular formula is C15H25N3O3. The molecule has 0 aliphatic carbocycles. The van der Waals surface area contributed by atoms with Gasteiger partial charge in [0.25, 0.3) is 0 Å². The number of hydrogen-bond donors (Lipinski definition) is 0. The summed E-state index contributed by atoms with van der Waals surface area (Å²) in [6.07, 6.45) is 4.97. The standard InChI is InChI=1S/C15H25N3O3/c1-12(2)21-10-14-9-18(6-7-20-14)15(19)5-4-13-8-16-11-17(13)3/h8,11-12,14H,4-7,9-10H2,1-3H3. The van der Waals surface area contributed by atoms with Crippen molar-refractivity contribution >= 4 is 5.91 Å². The highest BCUT2D eigenvalue weighted by Gasteiger charge is 2.24. The average Bonchev–Trinajstić information content (AvgIpc) is 2.88. The molecule has 1 aliphatic heterocycles. The molecule has 0 bridgehead atoms. The molecule has 0 saturated carbocycles. The van der Waals surface area contributed by atoms with E-state index < -0.39 is 0 Å². The van der Waals surface area contributed by atoms with Gasteiger partial charge in [0, 0.05) is 38.4 Å². The maximum absolute atomic E-state index is 12.3. The molecular weight excluding hydrogens is 270 g/mol. The highest BCUT2D eigenvalue weighted by atomic mass is 16.5. The Hall–Kier alpha value is -1.40. The Kier molecular flexibility index (Phi) is 5.76. The number of aryl methyl sites for hydroxylation is 2. The fraction of sp³-hybridized carbons (Fsp3) is 0.733. The number of imidazole rings is 1. The van der Waals surface area contributed by atoms with E-state index in [2.05, 4.69) is 4.98 Å².